The maximum absolute atomic E-state index is 10.5. The maximum atomic E-state index is 10.5. The smallest absolute Gasteiger partial charge is 0.305 e. The Morgan fingerprint density at radius 1 is 1.41 bits per heavy atom. The van der Waals surface area contributed by atoms with E-state index in [2.05, 4.69) is 0 Å². The van der Waals surface area contributed by atoms with Crippen molar-refractivity contribution >= 4 is 34.9 Å². The SMILES string of the molecule is N#CCN(CCC(=O)O)c1ccc(Cl)c(Cl)c1. The monoisotopic (exact) mass is 272 g/mol. The van der Waals surface area contributed by atoms with E-state index in [0.717, 1.165) is 0 Å². The van der Waals surface area contributed by atoms with Gasteiger partial charge >= 0.3 is 5.97 Å². The van der Waals surface area contributed by atoms with Gasteiger partial charge < -0.3 is 10.0 Å². The standard InChI is InChI=1S/C11H10Cl2N2O2/c12-9-2-1-8(7-10(9)13)15(6-4-14)5-3-11(16)17/h1-2,7H,3,5-6H2,(H,16,17). The molecule has 17 heavy (non-hydrogen) atoms. The number of nitrogens with zero attached hydrogens (tertiary/aromatic N) is 2. The summed E-state index contributed by atoms with van der Waals surface area (Å²) in [4.78, 5) is 12.1. The molecule has 0 spiro atoms. The summed E-state index contributed by atoms with van der Waals surface area (Å²) < 4.78 is 0. The van der Waals surface area contributed by atoms with Crippen LogP contribution in [-0.4, -0.2) is 24.2 Å². The van der Waals surface area contributed by atoms with Gasteiger partial charge in [0.15, 0.2) is 0 Å². The molecule has 0 bridgehead atoms. The largest absolute Gasteiger partial charge is 0.481 e. The molecule has 0 fully saturated rings. The van der Waals surface area contributed by atoms with Crippen LogP contribution in [0.4, 0.5) is 5.69 Å². The van der Waals surface area contributed by atoms with E-state index in [4.69, 9.17) is 33.6 Å². The van der Waals surface area contributed by atoms with Crippen LogP contribution in [0.5, 0.6) is 0 Å². The minimum absolute atomic E-state index is 0.0398. The first kappa shape index (κ1) is 13.6. The molecule has 0 aromatic heterocycles. The third kappa shape index (κ3) is 4.14. The van der Waals surface area contributed by atoms with Crippen molar-refractivity contribution in [2.75, 3.05) is 18.0 Å². The molecule has 4 nitrogen and oxygen atoms in total. The summed E-state index contributed by atoms with van der Waals surface area (Å²) >= 11 is 11.6. The Morgan fingerprint density at radius 2 is 2.12 bits per heavy atom. The van der Waals surface area contributed by atoms with Crippen LogP contribution in [-0.2, 0) is 4.79 Å². The van der Waals surface area contributed by atoms with Crippen LogP contribution in [0.15, 0.2) is 18.2 Å². The highest BCUT2D eigenvalue weighted by molar-refractivity contribution is 6.42. The van der Waals surface area contributed by atoms with Crippen LogP contribution >= 0.6 is 23.2 Å². The van der Waals surface area contributed by atoms with E-state index in [9.17, 15) is 4.79 Å². The summed E-state index contributed by atoms with van der Waals surface area (Å²) in [6.45, 7) is 0.353. The molecule has 0 saturated heterocycles. The molecule has 0 heterocycles. The summed E-state index contributed by atoms with van der Waals surface area (Å²) in [6, 6.07) is 6.91. The lowest BCUT2D eigenvalue weighted by Crippen LogP contribution is -2.26. The van der Waals surface area contributed by atoms with Crippen LogP contribution < -0.4 is 4.90 Å². The number of carboxylic acids is 1. The van der Waals surface area contributed by atoms with Gasteiger partial charge in [0.05, 0.1) is 22.5 Å². The number of benzene rings is 1. The average Bonchev–Trinajstić information content (AvgIpc) is 2.28. The summed E-state index contributed by atoms with van der Waals surface area (Å²) in [6.07, 6.45) is -0.0398. The van der Waals surface area contributed by atoms with Gasteiger partial charge in [-0.3, -0.25) is 4.79 Å². The molecule has 0 aliphatic carbocycles. The molecule has 1 aromatic rings. The summed E-state index contributed by atoms with van der Waals surface area (Å²) in [5, 5.41) is 18.1. The van der Waals surface area contributed by atoms with E-state index >= 15 is 0 Å². The number of rotatable bonds is 5. The Morgan fingerprint density at radius 3 is 2.65 bits per heavy atom. The normalized spacial score (nSPS) is 9.71. The molecule has 0 saturated carbocycles. The number of anilines is 1. The first-order valence-corrected chi connectivity index (χ1v) is 5.59. The van der Waals surface area contributed by atoms with E-state index in [-0.39, 0.29) is 19.5 Å². The van der Waals surface area contributed by atoms with Crippen LogP contribution in [0, 0.1) is 11.3 Å². The summed E-state index contributed by atoms with van der Waals surface area (Å²) in [7, 11) is 0. The second-order valence-electron chi connectivity index (χ2n) is 3.32. The van der Waals surface area contributed by atoms with Gasteiger partial charge in [-0.25, -0.2) is 0 Å². The number of carboxylic acid groups (broad SMARTS) is 1. The van der Waals surface area contributed by atoms with Crippen molar-refractivity contribution in [1.82, 2.24) is 0 Å². The molecule has 1 N–H and O–H groups in total. The Hall–Kier alpha value is -1.44. The number of carbonyl (C=O) groups is 1. The molecule has 90 valence electrons. The zero-order chi connectivity index (χ0) is 12.8. The van der Waals surface area contributed by atoms with Crippen molar-refractivity contribution in [3.05, 3.63) is 28.2 Å². The van der Waals surface area contributed by atoms with Crippen LogP contribution in [0.3, 0.4) is 0 Å². The van der Waals surface area contributed by atoms with Gasteiger partial charge in [0.2, 0.25) is 0 Å². The Bertz CT molecular complexity index is 457. The number of hydrogen-bond acceptors (Lipinski definition) is 3. The lowest BCUT2D eigenvalue weighted by atomic mass is 10.2. The van der Waals surface area contributed by atoms with Crippen LogP contribution in [0.2, 0.25) is 10.0 Å². The topological polar surface area (TPSA) is 64.3 Å². The van der Waals surface area contributed by atoms with E-state index < -0.39 is 5.97 Å². The van der Waals surface area contributed by atoms with Gasteiger partial charge in [0, 0.05) is 12.2 Å². The first-order valence-electron chi connectivity index (χ1n) is 4.83. The van der Waals surface area contributed by atoms with E-state index in [0.29, 0.717) is 15.7 Å². The third-order valence-corrected chi connectivity index (χ3v) is 2.86. The van der Waals surface area contributed by atoms with Gasteiger partial charge in [-0.15, -0.1) is 0 Å². The fraction of sp³-hybridized carbons (Fsp3) is 0.273. The average molecular weight is 273 g/mol. The van der Waals surface area contributed by atoms with Gasteiger partial charge in [-0.1, -0.05) is 23.2 Å². The molecule has 0 radical (unpaired) electrons. The highest BCUT2D eigenvalue weighted by atomic mass is 35.5. The van der Waals surface area contributed by atoms with Crippen molar-refractivity contribution < 1.29 is 9.90 Å². The summed E-state index contributed by atoms with van der Waals surface area (Å²) in [5.74, 6) is -0.909. The van der Waals surface area contributed by atoms with Crippen molar-refractivity contribution in [2.45, 2.75) is 6.42 Å². The second kappa shape index (κ2) is 6.33. The fourth-order valence-electron chi connectivity index (χ4n) is 1.30. The minimum atomic E-state index is -0.909. The molecule has 0 aliphatic heterocycles. The number of halogens is 2. The molecule has 0 aliphatic rings. The van der Waals surface area contributed by atoms with Gasteiger partial charge in [0.25, 0.3) is 0 Å². The predicted octanol–water partition coefficient (Wildman–Crippen LogP) is 2.80. The Balaban J connectivity index is 2.85. The molecule has 6 heteroatoms. The van der Waals surface area contributed by atoms with Gasteiger partial charge in [-0.2, -0.15) is 5.26 Å². The van der Waals surface area contributed by atoms with Gasteiger partial charge in [0.1, 0.15) is 6.54 Å². The molecule has 0 atom stereocenters. The highest BCUT2D eigenvalue weighted by Crippen LogP contribution is 2.27. The zero-order valence-electron chi connectivity index (χ0n) is 8.86. The van der Waals surface area contributed by atoms with Crippen LogP contribution in [0.1, 0.15) is 6.42 Å². The lowest BCUT2D eigenvalue weighted by Gasteiger charge is -2.21. The molecular formula is C11H10Cl2N2O2. The Labute approximate surface area is 109 Å². The Kier molecular flexibility index (Phi) is 5.08. The first-order chi connectivity index (χ1) is 8.04. The molecule has 1 rings (SSSR count). The zero-order valence-corrected chi connectivity index (χ0v) is 10.4. The lowest BCUT2D eigenvalue weighted by molar-refractivity contribution is -0.136. The molecule has 1 aromatic carbocycles. The predicted molar refractivity (Wildman–Crippen MR) is 66.5 cm³/mol. The van der Waals surface area contributed by atoms with Crippen molar-refractivity contribution in [3.8, 4) is 6.07 Å². The number of nitriles is 1. The highest BCUT2D eigenvalue weighted by Gasteiger charge is 2.09. The van der Waals surface area contributed by atoms with E-state index in [1.807, 2.05) is 6.07 Å². The molecule has 0 amide bonds. The van der Waals surface area contributed by atoms with Crippen LogP contribution in [0.25, 0.3) is 0 Å². The fourth-order valence-corrected chi connectivity index (χ4v) is 1.59. The molecule has 0 unspecified atom stereocenters. The number of aliphatic carboxylic acids is 1. The minimum Gasteiger partial charge on any atom is -0.481 e. The third-order valence-electron chi connectivity index (χ3n) is 2.13. The quantitative estimate of drug-likeness (QED) is 0.838. The van der Waals surface area contributed by atoms with E-state index in [1.165, 1.54) is 0 Å². The van der Waals surface area contributed by atoms with Crippen molar-refractivity contribution in [1.29, 1.82) is 5.26 Å². The molecular weight excluding hydrogens is 263 g/mol. The second-order valence-corrected chi connectivity index (χ2v) is 4.14. The maximum Gasteiger partial charge on any atom is 0.305 e. The van der Waals surface area contributed by atoms with Gasteiger partial charge in [-0.05, 0) is 18.2 Å². The number of hydrogen-bond donors (Lipinski definition) is 1. The van der Waals surface area contributed by atoms with E-state index in [1.54, 1.807) is 23.1 Å². The van der Waals surface area contributed by atoms with Crippen molar-refractivity contribution in [3.63, 3.8) is 0 Å². The van der Waals surface area contributed by atoms with Crippen molar-refractivity contribution in [2.24, 2.45) is 0 Å². The summed E-state index contributed by atoms with van der Waals surface area (Å²) in [5.41, 5.74) is 0.683.